The zero-order valence-corrected chi connectivity index (χ0v) is 18.8. The molecule has 0 fully saturated rings. The van der Waals surface area contributed by atoms with E-state index in [0.717, 1.165) is 22.1 Å². The van der Waals surface area contributed by atoms with E-state index in [1.54, 1.807) is 13.1 Å². The molecule has 1 aromatic heterocycles. The summed E-state index contributed by atoms with van der Waals surface area (Å²) in [6.07, 6.45) is 0. The second kappa shape index (κ2) is 9.42. The fourth-order valence-electron chi connectivity index (χ4n) is 2.52. The van der Waals surface area contributed by atoms with Crippen LogP contribution in [0.2, 0.25) is 0 Å². The van der Waals surface area contributed by atoms with Crippen LogP contribution >= 0.6 is 11.8 Å². The number of nitro benzene ring substituents is 1. The van der Waals surface area contributed by atoms with E-state index in [1.165, 1.54) is 49.1 Å². The second-order valence-electron chi connectivity index (χ2n) is 6.64. The van der Waals surface area contributed by atoms with Crippen molar-refractivity contribution in [2.24, 2.45) is 7.05 Å². The molecule has 0 aliphatic rings. The number of benzene rings is 2. The number of esters is 1. The van der Waals surface area contributed by atoms with Crippen molar-refractivity contribution < 1.29 is 22.9 Å². The van der Waals surface area contributed by atoms with Crippen LogP contribution in [-0.4, -0.2) is 57.9 Å². The maximum Gasteiger partial charge on any atom is 0.339 e. The first-order valence-corrected chi connectivity index (χ1v) is 11.2. The summed E-state index contributed by atoms with van der Waals surface area (Å²) >= 11 is 1.05. The predicted octanol–water partition coefficient (Wildman–Crippen LogP) is 1.88. The summed E-state index contributed by atoms with van der Waals surface area (Å²) < 4.78 is 32.4. The third-order valence-corrected chi connectivity index (χ3v) is 7.14. The number of nitro groups is 1. The number of sulfonamides is 1. The number of rotatable bonds is 8. The highest BCUT2D eigenvalue weighted by atomic mass is 32.2. The molecule has 0 aliphatic heterocycles. The van der Waals surface area contributed by atoms with Gasteiger partial charge in [0.2, 0.25) is 15.2 Å². The maximum absolute atomic E-state index is 12.8. The molecule has 0 aliphatic carbocycles. The van der Waals surface area contributed by atoms with E-state index in [4.69, 9.17) is 4.74 Å². The number of hydrogen-bond acceptors (Lipinski definition) is 10. The lowest BCUT2D eigenvalue weighted by Gasteiger charge is -2.13. The summed E-state index contributed by atoms with van der Waals surface area (Å²) in [5, 5.41) is 22.6. The van der Waals surface area contributed by atoms with E-state index in [-0.39, 0.29) is 22.8 Å². The number of tetrazole rings is 1. The number of aromatic nitrogens is 4. The van der Waals surface area contributed by atoms with Crippen LogP contribution in [0, 0.1) is 10.1 Å². The van der Waals surface area contributed by atoms with Crippen LogP contribution in [0.5, 0.6) is 0 Å². The van der Waals surface area contributed by atoms with Crippen LogP contribution in [0.25, 0.3) is 0 Å². The largest absolute Gasteiger partial charge is 0.457 e. The Labute approximate surface area is 187 Å². The fraction of sp³-hybridized carbons (Fsp3) is 0.222. The van der Waals surface area contributed by atoms with Gasteiger partial charge in [-0.1, -0.05) is 12.1 Å². The van der Waals surface area contributed by atoms with Crippen LogP contribution in [0.4, 0.5) is 5.69 Å². The number of carbonyl (C=O) groups is 1. The van der Waals surface area contributed by atoms with Gasteiger partial charge < -0.3 is 4.74 Å². The third kappa shape index (κ3) is 5.09. The highest BCUT2D eigenvalue weighted by Gasteiger charge is 2.21. The first-order chi connectivity index (χ1) is 15.1. The second-order valence-corrected chi connectivity index (χ2v) is 9.80. The summed E-state index contributed by atoms with van der Waals surface area (Å²) in [6, 6.07) is 9.77. The molecule has 0 unspecified atom stereocenters. The molecule has 1 heterocycles. The highest BCUT2D eigenvalue weighted by molar-refractivity contribution is 7.99. The molecule has 0 bridgehead atoms. The van der Waals surface area contributed by atoms with E-state index >= 15 is 0 Å². The molecule has 14 heteroatoms. The number of hydrogen-bond donors (Lipinski definition) is 0. The van der Waals surface area contributed by atoms with Gasteiger partial charge in [0, 0.05) is 38.2 Å². The van der Waals surface area contributed by atoms with Crippen LogP contribution in [-0.2, 0) is 28.4 Å². The Morgan fingerprint density at radius 2 is 2.00 bits per heavy atom. The Morgan fingerprint density at radius 3 is 2.62 bits per heavy atom. The van der Waals surface area contributed by atoms with Crippen LogP contribution in [0.3, 0.4) is 0 Å². The molecule has 32 heavy (non-hydrogen) atoms. The normalized spacial score (nSPS) is 11.5. The summed E-state index contributed by atoms with van der Waals surface area (Å²) in [5.74, 6) is -0.813. The number of carbonyl (C=O) groups excluding carboxylic acids is 1. The quantitative estimate of drug-likeness (QED) is 0.267. The first-order valence-electron chi connectivity index (χ1n) is 8.97. The molecule has 0 spiro atoms. The first kappa shape index (κ1) is 23.3. The number of ether oxygens (including phenoxy) is 1. The van der Waals surface area contributed by atoms with Crippen molar-refractivity contribution in [2.75, 3.05) is 14.1 Å². The lowest BCUT2D eigenvalue weighted by molar-refractivity contribution is -0.384. The maximum atomic E-state index is 12.8. The van der Waals surface area contributed by atoms with Gasteiger partial charge in [0.1, 0.15) is 6.61 Å². The molecule has 3 rings (SSSR count). The molecule has 0 saturated heterocycles. The molecule has 2 aromatic carbocycles. The number of aryl methyl sites for hydroxylation is 1. The lowest BCUT2D eigenvalue weighted by Crippen LogP contribution is -2.22. The summed E-state index contributed by atoms with van der Waals surface area (Å²) in [6.45, 7) is -0.228. The molecule has 0 N–H and O–H groups in total. The Morgan fingerprint density at radius 1 is 1.25 bits per heavy atom. The van der Waals surface area contributed by atoms with Crippen molar-refractivity contribution in [2.45, 2.75) is 21.6 Å². The molecular weight excluding hydrogens is 460 g/mol. The minimum absolute atomic E-state index is 0.0377. The molecular formula is C18H18N6O6S2. The molecule has 0 amide bonds. The molecule has 3 aromatic rings. The Hall–Kier alpha value is -3.36. The van der Waals surface area contributed by atoms with Crippen molar-refractivity contribution in [1.29, 1.82) is 0 Å². The van der Waals surface area contributed by atoms with Gasteiger partial charge in [-0.25, -0.2) is 22.2 Å². The van der Waals surface area contributed by atoms with Gasteiger partial charge in [-0.15, -0.1) is 5.10 Å². The summed E-state index contributed by atoms with van der Waals surface area (Å²) in [5.41, 5.74) is 0.124. The smallest absolute Gasteiger partial charge is 0.339 e. The Bertz CT molecular complexity index is 1270. The van der Waals surface area contributed by atoms with E-state index < -0.39 is 20.9 Å². The minimum atomic E-state index is -3.65. The van der Waals surface area contributed by atoms with Gasteiger partial charge >= 0.3 is 5.97 Å². The predicted molar refractivity (Wildman–Crippen MR) is 112 cm³/mol. The molecule has 0 saturated carbocycles. The van der Waals surface area contributed by atoms with Crippen molar-refractivity contribution in [3.63, 3.8) is 0 Å². The van der Waals surface area contributed by atoms with E-state index in [0.29, 0.717) is 15.6 Å². The minimum Gasteiger partial charge on any atom is -0.457 e. The van der Waals surface area contributed by atoms with Gasteiger partial charge in [-0.2, -0.15) is 0 Å². The van der Waals surface area contributed by atoms with Crippen LogP contribution < -0.4 is 0 Å². The van der Waals surface area contributed by atoms with E-state index in [9.17, 15) is 23.3 Å². The van der Waals surface area contributed by atoms with E-state index in [1.807, 2.05) is 0 Å². The average molecular weight is 479 g/mol. The summed E-state index contributed by atoms with van der Waals surface area (Å²) in [7, 11) is 0.786. The zero-order valence-electron chi connectivity index (χ0n) is 17.2. The van der Waals surface area contributed by atoms with Crippen LogP contribution in [0.15, 0.2) is 57.4 Å². The summed E-state index contributed by atoms with van der Waals surface area (Å²) in [4.78, 5) is 23.7. The number of nitrogens with zero attached hydrogens (tertiary/aromatic N) is 6. The average Bonchev–Trinajstić information content (AvgIpc) is 3.16. The Kier molecular flexibility index (Phi) is 6.86. The van der Waals surface area contributed by atoms with Gasteiger partial charge in [0.25, 0.3) is 5.69 Å². The van der Waals surface area contributed by atoms with Crippen LogP contribution in [0.1, 0.15) is 15.9 Å². The molecule has 0 atom stereocenters. The van der Waals surface area contributed by atoms with E-state index in [2.05, 4.69) is 15.5 Å². The Balaban J connectivity index is 1.85. The van der Waals surface area contributed by atoms with Gasteiger partial charge in [0.05, 0.1) is 15.4 Å². The van der Waals surface area contributed by atoms with Gasteiger partial charge in [-0.3, -0.25) is 10.1 Å². The highest BCUT2D eigenvalue weighted by Crippen LogP contribution is 2.31. The van der Waals surface area contributed by atoms with Crippen molar-refractivity contribution in [1.82, 2.24) is 24.5 Å². The van der Waals surface area contributed by atoms with Crippen molar-refractivity contribution in [3.05, 3.63) is 63.7 Å². The van der Waals surface area contributed by atoms with Crippen molar-refractivity contribution >= 4 is 33.4 Å². The SMILES string of the molecule is CN(C)S(=O)(=O)c1cccc(COC(=O)c2cc([N+](=O)[O-])ccc2Sc2nnnn2C)c1. The zero-order chi connectivity index (χ0) is 23.5. The van der Waals surface area contributed by atoms with Gasteiger partial charge in [-0.05, 0) is 46.0 Å². The lowest BCUT2D eigenvalue weighted by atomic mass is 10.2. The molecule has 12 nitrogen and oxygen atoms in total. The van der Waals surface area contributed by atoms with Gasteiger partial charge in [0.15, 0.2) is 0 Å². The topological polar surface area (TPSA) is 150 Å². The number of non-ortho nitro benzene ring substituents is 1. The molecule has 0 radical (unpaired) electrons. The third-order valence-electron chi connectivity index (χ3n) is 4.22. The van der Waals surface area contributed by atoms with Crippen molar-refractivity contribution in [3.8, 4) is 0 Å². The fourth-order valence-corrected chi connectivity index (χ4v) is 4.32. The standard InChI is InChI=1S/C18H18N6O6S2/c1-22(2)32(28,29)14-6-4-5-12(9-14)11-30-17(25)15-10-13(24(26)27)7-8-16(15)31-18-19-20-21-23(18)3/h4-10H,11H2,1-3H3. The molecule has 168 valence electrons. The monoisotopic (exact) mass is 478 g/mol.